The largest absolute Gasteiger partial charge is 0.366 e. The van der Waals surface area contributed by atoms with Crippen LogP contribution in [0.4, 0.5) is 5.82 Å². The average molecular weight is 327 g/mol. The molecule has 0 saturated heterocycles. The molecule has 18 heavy (non-hydrogen) atoms. The number of rotatable bonds is 3. The van der Waals surface area contributed by atoms with Gasteiger partial charge < -0.3 is 5.32 Å². The fourth-order valence-corrected chi connectivity index (χ4v) is 2.26. The Kier molecular flexibility index (Phi) is 4.19. The highest BCUT2D eigenvalue weighted by Crippen LogP contribution is 2.20. The van der Waals surface area contributed by atoms with E-state index in [1.54, 1.807) is 0 Å². The summed E-state index contributed by atoms with van der Waals surface area (Å²) in [4.78, 5) is 8.46. The molecule has 5 heteroatoms. The molecule has 94 valence electrons. The summed E-state index contributed by atoms with van der Waals surface area (Å²) in [6, 6.07) is 8.13. The van der Waals surface area contributed by atoms with Gasteiger partial charge in [0.25, 0.3) is 0 Å². The summed E-state index contributed by atoms with van der Waals surface area (Å²) < 4.78 is 1.07. The van der Waals surface area contributed by atoms with Crippen LogP contribution in [0.15, 0.2) is 28.7 Å². The number of hydrogen-bond donors (Lipinski definition) is 1. The van der Waals surface area contributed by atoms with Gasteiger partial charge in [0.15, 0.2) is 0 Å². The molecule has 0 amide bonds. The maximum absolute atomic E-state index is 6.03. The summed E-state index contributed by atoms with van der Waals surface area (Å²) in [5.74, 6) is 1.45. The third kappa shape index (κ3) is 3.21. The van der Waals surface area contributed by atoms with Crippen molar-refractivity contribution in [2.24, 2.45) is 0 Å². The fourth-order valence-electron chi connectivity index (χ4n) is 1.60. The van der Waals surface area contributed by atoms with Gasteiger partial charge in [-0.1, -0.05) is 39.7 Å². The van der Waals surface area contributed by atoms with E-state index in [-0.39, 0.29) is 0 Å². The molecule has 0 atom stereocenters. The molecular weight excluding hydrogens is 314 g/mol. The first-order valence-corrected chi connectivity index (χ1v) is 6.72. The average Bonchev–Trinajstić information content (AvgIpc) is 2.32. The number of benzene rings is 1. The van der Waals surface area contributed by atoms with E-state index < -0.39 is 0 Å². The number of nitrogens with one attached hydrogen (secondary N) is 1. The molecule has 0 aliphatic carbocycles. The fraction of sp³-hybridized carbons (Fsp3) is 0.231. The Bertz CT molecular complexity index is 572. The van der Waals surface area contributed by atoms with Gasteiger partial charge in [-0.15, -0.1) is 0 Å². The van der Waals surface area contributed by atoms with Crippen LogP contribution in [0.3, 0.4) is 0 Å². The van der Waals surface area contributed by atoms with Crippen LogP contribution in [0, 0.1) is 13.8 Å². The van der Waals surface area contributed by atoms with Gasteiger partial charge >= 0.3 is 0 Å². The van der Waals surface area contributed by atoms with Crippen LogP contribution in [-0.4, -0.2) is 9.97 Å². The van der Waals surface area contributed by atoms with Crippen LogP contribution in [0.1, 0.15) is 17.0 Å². The van der Waals surface area contributed by atoms with Gasteiger partial charge in [-0.25, -0.2) is 9.97 Å². The number of aromatic nitrogens is 2. The van der Waals surface area contributed by atoms with Crippen molar-refractivity contribution in [1.29, 1.82) is 0 Å². The molecule has 3 nitrogen and oxygen atoms in total. The highest BCUT2D eigenvalue weighted by atomic mass is 79.9. The Morgan fingerprint density at radius 1 is 1.28 bits per heavy atom. The first-order valence-electron chi connectivity index (χ1n) is 5.55. The number of nitrogens with zero attached hydrogens (tertiary/aromatic N) is 2. The van der Waals surface area contributed by atoms with Gasteiger partial charge in [0.05, 0.1) is 0 Å². The minimum absolute atomic E-state index is 0.499. The summed E-state index contributed by atoms with van der Waals surface area (Å²) in [6.45, 7) is 4.44. The third-order valence-corrected chi connectivity index (χ3v) is 3.41. The van der Waals surface area contributed by atoms with Crippen molar-refractivity contribution in [3.63, 3.8) is 0 Å². The predicted molar refractivity (Wildman–Crippen MR) is 78.0 cm³/mol. The highest BCUT2D eigenvalue weighted by molar-refractivity contribution is 9.10. The van der Waals surface area contributed by atoms with E-state index >= 15 is 0 Å². The summed E-state index contributed by atoms with van der Waals surface area (Å²) in [5, 5.41) is 3.78. The smallest absolute Gasteiger partial charge is 0.137 e. The zero-order chi connectivity index (χ0) is 13.1. The van der Waals surface area contributed by atoms with E-state index in [1.165, 1.54) is 5.56 Å². The number of hydrogen-bond acceptors (Lipinski definition) is 3. The quantitative estimate of drug-likeness (QED) is 0.862. The lowest BCUT2D eigenvalue weighted by Crippen LogP contribution is -2.05. The van der Waals surface area contributed by atoms with Crippen molar-refractivity contribution in [2.45, 2.75) is 20.4 Å². The molecule has 0 fully saturated rings. The van der Waals surface area contributed by atoms with Crippen molar-refractivity contribution < 1.29 is 0 Å². The normalized spacial score (nSPS) is 10.4. The summed E-state index contributed by atoms with van der Waals surface area (Å²) in [6.07, 6.45) is 0. The molecular formula is C13H13BrClN3. The van der Waals surface area contributed by atoms with E-state index in [1.807, 2.05) is 26.0 Å². The second-order valence-electron chi connectivity index (χ2n) is 4.02. The maximum atomic E-state index is 6.03. The molecule has 2 rings (SSSR count). The number of aryl methyl sites for hydroxylation is 1. The minimum Gasteiger partial charge on any atom is -0.366 e. The summed E-state index contributed by atoms with van der Waals surface area (Å²) >= 11 is 9.48. The molecule has 1 heterocycles. The van der Waals surface area contributed by atoms with Gasteiger partial charge in [0.1, 0.15) is 16.8 Å². The zero-order valence-electron chi connectivity index (χ0n) is 10.2. The lowest BCUT2D eigenvalue weighted by atomic mass is 10.2. The van der Waals surface area contributed by atoms with Crippen molar-refractivity contribution in [1.82, 2.24) is 9.97 Å². The highest BCUT2D eigenvalue weighted by Gasteiger charge is 2.06. The third-order valence-electron chi connectivity index (χ3n) is 2.55. The molecule has 1 aromatic heterocycles. The molecule has 0 radical (unpaired) electrons. The van der Waals surface area contributed by atoms with E-state index in [0.29, 0.717) is 17.5 Å². The summed E-state index contributed by atoms with van der Waals surface area (Å²) in [5.41, 5.74) is 2.05. The molecule has 0 saturated carbocycles. The molecule has 0 aliphatic rings. The van der Waals surface area contributed by atoms with Crippen LogP contribution >= 0.6 is 27.5 Å². The molecule has 2 aromatic rings. The Balaban J connectivity index is 2.15. The number of anilines is 1. The first kappa shape index (κ1) is 13.3. The Labute approximate surface area is 120 Å². The molecule has 0 unspecified atom stereocenters. The first-order chi connectivity index (χ1) is 8.56. The van der Waals surface area contributed by atoms with Crippen molar-refractivity contribution in [3.05, 3.63) is 50.8 Å². The molecule has 0 bridgehead atoms. The van der Waals surface area contributed by atoms with Gasteiger partial charge in [-0.3, -0.25) is 0 Å². The van der Waals surface area contributed by atoms with Crippen LogP contribution < -0.4 is 5.32 Å². The van der Waals surface area contributed by atoms with Crippen molar-refractivity contribution in [3.8, 4) is 0 Å². The Hall–Kier alpha value is -1.13. The van der Waals surface area contributed by atoms with Crippen LogP contribution in [0.25, 0.3) is 0 Å². The monoisotopic (exact) mass is 325 g/mol. The second kappa shape index (κ2) is 5.67. The summed E-state index contributed by atoms with van der Waals surface area (Å²) in [7, 11) is 0. The lowest BCUT2D eigenvalue weighted by molar-refractivity contribution is 1.00. The Morgan fingerprint density at radius 2 is 2.06 bits per heavy atom. The molecule has 0 spiro atoms. The van der Waals surface area contributed by atoms with Crippen molar-refractivity contribution in [2.75, 3.05) is 5.32 Å². The van der Waals surface area contributed by atoms with Crippen LogP contribution in [0.2, 0.25) is 5.15 Å². The minimum atomic E-state index is 0.499. The topological polar surface area (TPSA) is 37.8 Å². The Morgan fingerprint density at radius 3 is 2.78 bits per heavy atom. The predicted octanol–water partition coefficient (Wildman–Crippen LogP) is 4.12. The second-order valence-corrected chi connectivity index (χ2v) is 5.29. The van der Waals surface area contributed by atoms with Crippen LogP contribution in [-0.2, 0) is 6.54 Å². The maximum Gasteiger partial charge on any atom is 0.137 e. The van der Waals surface area contributed by atoms with Gasteiger partial charge in [0.2, 0.25) is 0 Å². The van der Waals surface area contributed by atoms with Crippen molar-refractivity contribution >= 4 is 33.3 Å². The van der Waals surface area contributed by atoms with E-state index in [2.05, 4.69) is 43.3 Å². The lowest BCUT2D eigenvalue weighted by Gasteiger charge is -2.10. The molecule has 1 aromatic carbocycles. The van der Waals surface area contributed by atoms with Gasteiger partial charge in [-0.05, 0) is 31.5 Å². The standard InChI is InChI=1S/C13H13BrClN3/c1-8-12(15)17-9(2)18-13(8)16-7-10-4-3-5-11(14)6-10/h3-6H,7H2,1-2H3,(H,16,17,18). The van der Waals surface area contributed by atoms with E-state index in [0.717, 1.165) is 15.9 Å². The number of halogens is 2. The molecule has 1 N–H and O–H groups in total. The van der Waals surface area contributed by atoms with E-state index in [4.69, 9.17) is 11.6 Å². The molecule has 0 aliphatic heterocycles. The SMILES string of the molecule is Cc1nc(Cl)c(C)c(NCc2cccc(Br)c2)n1. The van der Waals surface area contributed by atoms with Crippen LogP contribution in [0.5, 0.6) is 0 Å². The van der Waals surface area contributed by atoms with E-state index in [9.17, 15) is 0 Å². The van der Waals surface area contributed by atoms with Gasteiger partial charge in [-0.2, -0.15) is 0 Å². The zero-order valence-corrected chi connectivity index (χ0v) is 12.5. The van der Waals surface area contributed by atoms with Gasteiger partial charge in [0, 0.05) is 16.6 Å².